The van der Waals surface area contributed by atoms with Gasteiger partial charge in [0.1, 0.15) is 5.69 Å². The van der Waals surface area contributed by atoms with Crippen molar-refractivity contribution < 1.29 is 9.53 Å². The Labute approximate surface area is 172 Å². The van der Waals surface area contributed by atoms with Crippen molar-refractivity contribution in [2.24, 2.45) is 0 Å². The molecule has 2 saturated heterocycles. The molecule has 2 fully saturated rings. The molecule has 0 spiro atoms. The average Bonchev–Trinajstić information content (AvgIpc) is 3.30. The van der Waals surface area contributed by atoms with Gasteiger partial charge in [0.15, 0.2) is 5.82 Å². The lowest BCUT2D eigenvalue weighted by atomic mass is 9.73. The van der Waals surface area contributed by atoms with Crippen LogP contribution in [0.5, 0.6) is 0 Å². The average molecular weight is 396 g/mol. The first-order valence-electron chi connectivity index (χ1n) is 10.3. The van der Waals surface area contributed by atoms with E-state index in [1.165, 1.54) is 12.8 Å². The first kappa shape index (κ1) is 19.6. The minimum absolute atomic E-state index is 0.0207. The summed E-state index contributed by atoms with van der Waals surface area (Å²) in [7, 11) is 3.88. The molecule has 2 aliphatic heterocycles. The van der Waals surface area contributed by atoms with E-state index in [9.17, 15) is 4.79 Å². The SMILES string of the molecule is CN(C)c1nc(N2CCCC2)ncc1NC(=O)C1(c2ccccc2)CCOCC1. The van der Waals surface area contributed by atoms with Crippen LogP contribution in [0.1, 0.15) is 31.2 Å². The van der Waals surface area contributed by atoms with Gasteiger partial charge < -0.3 is 19.9 Å². The lowest BCUT2D eigenvalue weighted by molar-refractivity contribution is -0.125. The van der Waals surface area contributed by atoms with Gasteiger partial charge in [-0.2, -0.15) is 4.98 Å². The predicted octanol–water partition coefficient (Wildman–Crippen LogP) is 2.83. The molecule has 154 valence electrons. The Kier molecular flexibility index (Phi) is 5.67. The maximum absolute atomic E-state index is 13.6. The minimum atomic E-state index is -0.600. The number of benzene rings is 1. The molecule has 0 saturated carbocycles. The summed E-state index contributed by atoms with van der Waals surface area (Å²) in [5.41, 5.74) is 1.07. The second-order valence-electron chi connectivity index (χ2n) is 8.01. The highest BCUT2D eigenvalue weighted by Crippen LogP contribution is 2.37. The third-order valence-corrected chi connectivity index (χ3v) is 5.92. The molecule has 0 radical (unpaired) electrons. The normalized spacial score (nSPS) is 18.5. The van der Waals surface area contributed by atoms with E-state index in [0.717, 1.165) is 30.4 Å². The van der Waals surface area contributed by atoms with E-state index in [4.69, 9.17) is 9.72 Å². The highest BCUT2D eigenvalue weighted by Gasteiger charge is 2.42. The van der Waals surface area contributed by atoms with E-state index in [2.05, 4.69) is 15.2 Å². The summed E-state index contributed by atoms with van der Waals surface area (Å²) in [6.07, 6.45) is 5.40. The first-order chi connectivity index (χ1) is 14.1. The van der Waals surface area contributed by atoms with E-state index in [1.54, 1.807) is 6.20 Å². The number of amides is 1. The smallest absolute Gasteiger partial charge is 0.235 e. The van der Waals surface area contributed by atoms with Gasteiger partial charge in [0.05, 0.1) is 11.6 Å². The molecule has 1 aromatic heterocycles. The topological polar surface area (TPSA) is 70.6 Å². The summed E-state index contributed by atoms with van der Waals surface area (Å²) in [5.74, 6) is 1.44. The van der Waals surface area contributed by atoms with Gasteiger partial charge in [0.25, 0.3) is 0 Å². The van der Waals surface area contributed by atoms with Crippen molar-refractivity contribution in [2.45, 2.75) is 31.1 Å². The van der Waals surface area contributed by atoms with Crippen molar-refractivity contribution in [3.8, 4) is 0 Å². The van der Waals surface area contributed by atoms with Crippen LogP contribution in [0.25, 0.3) is 0 Å². The Bertz CT molecular complexity index is 844. The van der Waals surface area contributed by atoms with Gasteiger partial charge in [0.2, 0.25) is 11.9 Å². The number of anilines is 3. The summed E-state index contributed by atoms with van der Waals surface area (Å²) in [6, 6.07) is 10.0. The zero-order valence-corrected chi connectivity index (χ0v) is 17.2. The molecule has 7 heteroatoms. The largest absolute Gasteiger partial charge is 0.381 e. The van der Waals surface area contributed by atoms with Crippen LogP contribution in [0, 0.1) is 0 Å². The quantitative estimate of drug-likeness (QED) is 0.840. The highest BCUT2D eigenvalue weighted by atomic mass is 16.5. The number of ether oxygens (including phenoxy) is 1. The molecular formula is C22H29N5O2. The van der Waals surface area contributed by atoms with Gasteiger partial charge in [-0.05, 0) is 31.2 Å². The zero-order valence-electron chi connectivity index (χ0n) is 17.2. The molecule has 3 heterocycles. The van der Waals surface area contributed by atoms with Gasteiger partial charge in [-0.1, -0.05) is 30.3 Å². The number of carbonyl (C=O) groups is 1. The molecule has 1 amide bonds. The molecule has 1 aromatic carbocycles. The van der Waals surface area contributed by atoms with Gasteiger partial charge in [-0.3, -0.25) is 4.79 Å². The van der Waals surface area contributed by atoms with E-state index in [-0.39, 0.29) is 5.91 Å². The van der Waals surface area contributed by atoms with Crippen molar-refractivity contribution >= 4 is 23.4 Å². The van der Waals surface area contributed by atoms with E-state index in [1.807, 2.05) is 49.3 Å². The number of carbonyl (C=O) groups excluding carboxylic acids is 1. The van der Waals surface area contributed by atoms with Gasteiger partial charge in [-0.25, -0.2) is 4.98 Å². The number of nitrogens with zero attached hydrogens (tertiary/aromatic N) is 4. The minimum Gasteiger partial charge on any atom is -0.381 e. The number of hydrogen-bond donors (Lipinski definition) is 1. The zero-order chi connectivity index (χ0) is 20.3. The maximum Gasteiger partial charge on any atom is 0.235 e. The summed E-state index contributed by atoms with van der Waals surface area (Å²) >= 11 is 0. The van der Waals surface area contributed by atoms with Crippen LogP contribution < -0.4 is 15.1 Å². The number of aromatic nitrogens is 2. The van der Waals surface area contributed by atoms with Gasteiger partial charge in [-0.15, -0.1) is 0 Å². The predicted molar refractivity (Wildman–Crippen MR) is 115 cm³/mol. The van der Waals surface area contributed by atoms with Crippen molar-refractivity contribution in [1.82, 2.24) is 9.97 Å². The standard InChI is InChI=1S/C22H29N5O2/c1-26(2)19-18(16-23-21(25-19)27-12-6-7-13-27)24-20(28)22(10-14-29-15-11-22)17-8-4-3-5-9-17/h3-5,8-9,16H,6-7,10-15H2,1-2H3,(H,24,28). The summed E-state index contributed by atoms with van der Waals surface area (Å²) in [4.78, 5) is 27.0. The summed E-state index contributed by atoms with van der Waals surface area (Å²) in [6.45, 7) is 3.12. The summed E-state index contributed by atoms with van der Waals surface area (Å²) in [5, 5.41) is 3.14. The van der Waals surface area contributed by atoms with Crippen LogP contribution in [0.2, 0.25) is 0 Å². The molecule has 0 unspecified atom stereocenters. The molecule has 29 heavy (non-hydrogen) atoms. The van der Waals surface area contributed by atoms with Gasteiger partial charge in [0, 0.05) is 40.4 Å². The Morgan fingerprint density at radius 1 is 1.14 bits per heavy atom. The lowest BCUT2D eigenvalue weighted by Crippen LogP contribution is -2.45. The Balaban J connectivity index is 1.64. The van der Waals surface area contributed by atoms with Crippen molar-refractivity contribution in [1.29, 1.82) is 0 Å². The second-order valence-corrected chi connectivity index (χ2v) is 8.01. The third kappa shape index (κ3) is 3.92. The molecule has 2 aliphatic rings. The van der Waals surface area contributed by atoms with Crippen molar-refractivity contribution in [2.75, 3.05) is 55.5 Å². The van der Waals surface area contributed by atoms with Crippen LogP contribution in [0.15, 0.2) is 36.5 Å². The molecule has 1 N–H and O–H groups in total. The molecule has 4 rings (SSSR count). The maximum atomic E-state index is 13.6. The Morgan fingerprint density at radius 2 is 1.83 bits per heavy atom. The fraction of sp³-hybridized carbons (Fsp3) is 0.500. The van der Waals surface area contributed by atoms with E-state index >= 15 is 0 Å². The van der Waals surface area contributed by atoms with Crippen LogP contribution in [0.3, 0.4) is 0 Å². The molecule has 0 bridgehead atoms. The lowest BCUT2D eigenvalue weighted by Gasteiger charge is -2.36. The van der Waals surface area contributed by atoms with Crippen LogP contribution >= 0.6 is 0 Å². The third-order valence-electron chi connectivity index (χ3n) is 5.92. The fourth-order valence-electron chi connectivity index (χ4n) is 4.23. The van der Waals surface area contributed by atoms with Crippen molar-refractivity contribution in [3.63, 3.8) is 0 Å². The Morgan fingerprint density at radius 3 is 2.48 bits per heavy atom. The van der Waals surface area contributed by atoms with Crippen LogP contribution in [0.4, 0.5) is 17.5 Å². The number of nitrogens with one attached hydrogen (secondary N) is 1. The number of rotatable bonds is 5. The van der Waals surface area contributed by atoms with E-state index < -0.39 is 5.41 Å². The molecule has 2 aromatic rings. The first-order valence-corrected chi connectivity index (χ1v) is 10.3. The number of hydrogen-bond acceptors (Lipinski definition) is 6. The molecule has 7 nitrogen and oxygen atoms in total. The monoisotopic (exact) mass is 395 g/mol. The molecular weight excluding hydrogens is 366 g/mol. The van der Waals surface area contributed by atoms with Crippen LogP contribution in [-0.4, -0.2) is 56.3 Å². The summed E-state index contributed by atoms with van der Waals surface area (Å²) < 4.78 is 5.56. The van der Waals surface area contributed by atoms with Gasteiger partial charge >= 0.3 is 0 Å². The van der Waals surface area contributed by atoms with Crippen molar-refractivity contribution in [3.05, 3.63) is 42.1 Å². The second kappa shape index (κ2) is 8.37. The Hall–Kier alpha value is -2.67. The fourth-order valence-corrected chi connectivity index (χ4v) is 4.23. The van der Waals surface area contributed by atoms with E-state index in [0.29, 0.717) is 31.7 Å². The molecule has 0 aliphatic carbocycles. The molecule has 0 atom stereocenters. The van der Waals surface area contributed by atoms with Crippen LogP contribution in [-0.2, 0) is 14.9 Å². The highest BCUT2D eigenvalue weighted by molar-refractivity contribution is 6.01.